The largest absolute Gasteiger partial charge is 0.478 e. The third-order valence-electron chi connectivity index (χ3n) is 7.12. The highest BCUT2D eigenvalue weighted by atomic mass is 35.5. The third kappa shape index (κ3) is 5.87. The maximum Gasteiger partial charge on any atom is 0.337 e. The number of carbonyl (C=O) groups is 2. The summed E-state index contributed by atoms with van der Waals surface area (Å²) in [5.74, 6) is 0.906. The molecule has 0 aliphatic heterocycles. The zero-order chi connectivity index (χ0) is 27.7. The van der Waals surface area contributed by atoms with Crippen LogP contribution in [0.25, 0.3) is 11.3 Å². The number of hydrogen-bond donors (Lipinski definition) is 2. The number of nitrogens with one attached hydrogen (secondary N) is 1. The molecule has 3 heterocycles. The van der Waals surface area contributed by atoms with Gasteiger partial charge in [-0.05, 0) is 78.6 Å². The molecule has 0 radical (unpaired) electrons. The maximum absolute atomic E-state index is 13.4. The van der Waals surface area contributed by atoms with Gasteiger partial charge in [0.25, 0.3) is 5.91 Å². The highest BCUT2D eigenvalue weighted by Crippen LogP contribution is 2.45. The van der Waals surface area contributed by atoms with Crippen molar-refractivity contribution in [1.82, 2.24) is 5.32 Å². The topological polar surface area (TPSA) is 105 Å². The Morgan fingerprint density at radius 3 is 2.77 bits per heavy atom. The molecule has 1 atom stereocenters. The first-order chi connectivity index (χ1) is 18.6. The first-order valence-electron chi connectivity index (χ1n) is 12.7. The lowest BCUT2D eigenvalue weighted by molar-refractivity contribution is 0.0696. The summed E-state index contributed by atoms with van der Waals surface area (Å²) in [7, 11) is 0. The van der Waals surface area contributed by atoms with Gasteiger partial charge in [0, 0.05) is 10.4 Å². The monoisotopic (exact) mass is 564 g/mol. The number of thiophene rings is 1. The second-order valence-electron chi connectivity index (χ2n) is 10.7. The Morgan fingerprint density at radius 1 is 1.23 bits per heavy atom. The lowest BCUT2D eigenvalue weighted by Crippen LogP contribution is -2.28. The van der Waals surface area contributed by atoms with Gasteiger partial charge in [-0.2, -0.15) is 0 Å². The average molecular weight is 565 g/mol. The zero-order valence-electron chi connectivity index (χ0n) is 21.9. The predicted octanol–water partition coefficient (Wildman–Crippen LogP) is 7.78. The molecular weight excluding hydrogens is 536 g/mol. The van der Waals surface area contributed by atoms with E-state index in [0.29, 0.717) is 45.9 Å². The van der Waals surface area contributed by atoms with Crippen molar-refractivity contribution >= 4 is 46.0 Å². The molecule has 0 bridgehead atoms. The fourth-order valence-electron chi connectivity index (χ4n) is 4.85. The number of carbonyl (C=O) groups excluding carboxylic acids is 1. The second kappa shape index (κ2) is 10.9. The molecule has 4 aromatic rings. The van der Waals surface area contributed by atoms with Crippen LogP contribution in [0.3, 0.4) is 0 Å². The van der Waals surface area contributed by atoms with Crippen molar-refractivity contribution in [2.24, 2.45) is 16.3 Å². The normalized spacial score (nSPS) is 15.4. The summed E-state index contributed by atoms with van der Waals surface area (Å²) < 4.78 is 11.3. The summed E-state index contributed by atoms with van der Waals surface area (Å²) in [6.45, 7) is 7.09. The molecule has 3 aromatic heterocycles. The smallest absolute Gasteiger partial charge is 0.337 e. The van der Waals surface area contributed by atoms with Crippen molar-refractivity contribution < 1.29 is 23.5 Å². The summed E-state index contributed by atoms with van der Waals surface area (Å²) >= 11 is 7.56. The van der Waals surface area contributed by atoms with Gasteiger partial charge >= 0.3 is 5.97 Å². The van der Waals surface area contributed by atoms with Crippen molar-refractivity contribution in [1.29, 1.82) is 0 Å². The molecule has 39 heavy (non-hydrogen) atoms. The van der Waals surface area contributed by atoms with Crippen LogP contribution in [0.1, 0.15) is 69.9 Å². The number of carboxylic acid groups (broad SMARTS) is 1. The molecule has 1 aromatic carbocycles. The van der Waals surface area contributed by atoms with Gasteiger partial charge in [-0.15, -0.1) is 11.3 Å². The van der Waals surface area contributed by atoms with Gasteiger partial charge in [0.15, 0.2) is 0 Å². The van der Waals surface area contributed by atoms with E-state index in [1.807, 2.05) is 6.07 Å². The second-order valence-corrected chi connectivity index (χ2v) is 12.2. The average Bonchev–Trinajstić information content (AvgIpc) is 3.65. The van der Waals surface area contributed by atoms with Gasteiger partial charge in [-0.3, -0.25) is 4.79 Å². The van der Waals surface area contributed by atoms with Gasteiger partial charge in [-0.25, -0.2) is 9.79 Å². The molecule has 0 saturated heterocycles. The molecule has 202 valence electrons. The Kier molecular flexibility index (Phi) is 7.51. The maximum atomic E-state index is 13.4. The Morgan fingerprint density at radius 2 is 2.05 bits per heavy atom. The van der Waals surface area contributed by atoms with Crippen LogP contribution < -0.4 is 5.32 Å². The lowest BCUT2D eigenvalue weighted by Gasteiger charge is -2.33. The number of hydrogen-bond acceptors (Lipinski definition) is 6. The van der Waals surface area contributed by atoms with E-state index in [4.69, 9.17) is 25.4 Å². The minimum atomic E-state index is -1.11. The molecular formula is C30H29ClN2O5S. The Bertz CT molecular complexity index is 1540. The van der Waals surface area contributed by atoms with E-state index in [2.05, 4.69) is 26.1 Å². The van der Waals surface area contributed by atoms with Crippen LogP contribution in [0.4, 0.5) is 5.00 Å². The summed E-state index contributed by atoms with van der Waals surface area (Å²) in [5.41, 5.74) is 2.46. The van der Waals surface area contributed by atoms with Gasteiger partial charge in [0.1, 0.15) is 22.3 Å². The molecule has 0 fully saturated rings. The first-order valence-corrected chi connectivity index (χ1v) is 13.9. The van der Waals surface area contributed by atoms with Crippen LogP contribution in [-0.4, -0.2) is 23.2 Å². The highest BCUT2D eigenvalue weighted by Gasteiger charge is 2.33. The van der Waals surface area contributed by atoms with Crippen molar-refractivity contribution in [3.05, 3.63) is 86.8 Å². The number of nitrogens with zero attached hydrogens (tertiary/aromatic N) is 1. The van der Waals surface area contributed by atoms with Crippen LogP contribution in [0.5, 0.6) is 0 Å². The van der Waals surface area contributed by atoms with Crippen molar-refractivity contribution in [3.63, 3.8) is 0 Å². The third-order valence-corrected chi connectivity index (χ3v) is 8.61. The summed E-state index contributed by atoms with van der Waals surface area (Å²) in [6, 6.07) is 11.8. The molecule has 2 N–H and O–H groups in total. The highest BCUT2D eigenvalue weighted by molar-refractivity contribution is 7.16. The van der Waals surface area contributed by atoms with Crippen LogP contribution in [0, 0.1) is 11.3 Å². The van der Waals surface area contributed by atoms with Gasteiger partial charge in [-0.1, -0.05) is 32.4 Å². The molecule has 1 aliphatic carbocycles. The predicted molar refractivity (Wildman–Crippen MR) is 153 cm³/mol. The lowest BCUT2D eigenvalue weighted by atomic mass is 9.72. The van der Waals surface area contributed by atoms with E-state index in [-0.39, 0.29) is 21.9 Å². The molecule has 7 nitrogen and oxygen atoms in total. The fraction of sp³-hybridized carbons (Fsp3) is 0.300. The Labute approximate surface area is 235 Å². The van der Waals surface area contributed by atoms with Crippen molar-refractivity contribution in [2.75, 3.05) is 0 Å². The number of aromatic carboxylic acids is 1. The number of fused-ring (bicyclic) bond motifs is 1. The van der Waals surface area contributed by atoms with E-state index in [1.54, 1.807) is 48.1 Å². The SMILES string of the molecule is CC(C)(C)[C@@H]1CCc2c(sc(N=Cc3ccc(-c4ccc(Cl)c(C(=O)O)c4)o3)c2C(=O)NCc2ccco2)C1. The molecule has 0 unspecified atom stereocenters. The number of aliphatic imine (C=N–C) groups is 1. The zero-order valence-corrected chi connectivity index (χ0v) is 23.5. The van der Waals surface area contributed by atoms with E-state index < -0.39 is 5.97 Å². The van der Waals surface area contributed by atoms with E-state index in [1.165, 1.54) is 17.0 Å². The van der Waals surface area contributed by atoms with Crippen LogP contribution in [-0.2, 0) is 19.4 Å². The molecule has 0 saturated carbocycles. The standard InChI is InChI=1S/C30H29ClN2O5S/c1-30(2,3)18-7-9-21-25(14-18)39-28(26(21)27(34)32-15-19-5-4-12-37-19)33-16-20-8-11-24(38-20)17-6-10-23(31)22(13-17)29(35)36/h4-6,8,10-13,16,18H,7,9,14-15H2,1-3H3,(H,32,34)(H,35,36)/t18-/m1/s1. The minimum Gasteiger partial charge on any atom is -0.478 e. The Balaban J connectivity index is 1.43. The van der Waals surface area contributed by atoms with Crippen molar-refractivity contribution in [2.45, 2.75) is 46.6 Å². The van der Waals surface area contributed by atoms with Gasteiger partial charge < -0.3 is 19.3 Å². The van der Waals surface area contributed by atoms with Crippen LogP contribution in [0.15, 0.2) is 62.6 Å². The molecule has 1 amide bonds. The fourth-order valence-corrected chi connectivity index (χ4v) is 6.31. The summed E-state index contributed by atoms with van der Waals surface area (Å²) in [4.78, 5) is 30.7. The number of furan rings is 2. The van der Waals surface area contributed by atoms with Gasteiger partial charge in [0.05, 0.1) is 35.2 Å². The quantitative estimate of drug-likeness (QED) is 0.223. The number of rotatable bonds is 7. The molecule has 1 aliphatic rings. The number of halogens is 1. The number of amides is 1. The van der Waals surface area contributed by atoms with Crippen LogP contribution >= 0.6 is 22.9 Å². The van der Waals surface area contributed by atoms with E-state index in [0.717, 1.165) is 24.8 Å². The number of benzene rings is 1. The summed E-state index contributed by atoms with van der Waals surface area (Å²) in [6.07, 6.45) is 5.96. The first kappa shape index (κ1) is 27.0. The van der Waals surface area contributed by atoms with E-state index in [9.17, 15) is 14.7 Å². The van der Waals surface area contributed by atoms with Crippen LogP contribution in [0.2, 0.25) is 5.02 Å². The number of carboxylic acids is 1. The van der Waals surface area contributed by atoms with Crippen molar-refractivity contribution in [3.8, 4) is 11.3 Å². The Hall–Kier alpha value is -3.62. The minimum absolute atomic E-state index is 0.00344. The van der Waals surface area contributed by atoms with Gasteiger partial charge in [0.2, 0.25) is 0 Å². The molecule has 0 spiro atoms. The molecule has 9 heteroatoms. The summed E-state index contributed by atoms with van der Waals surface area (Å²) in [5, 5.41) is 13.2. The molecule has 5 rings (SSSR count). The van der Waals surface area contributed by atoms with E-state index >= 15 is 0 Å².